The Morgan fingerprint density at radius 2 is 1.76 bits per heavy atom. The van der Waals surface area contributed by atoms with Crippen LogP contribution < -0.4 is 10.7 Å². The van der Waals surface area contributed by atoms with E-state index in [9.17, 15) is 9.59 Å². The zero-order valence-corrected chi connectivity index (χ0v) is 15.2. The minimum absolute atomic E-state index is 0.0499. The predicted molar refractivity (Wildman–Crippen MR) is 112 cm³/mol. The van der Waals surface area contributed by atoms with E-state index in [-0.39, 0.29) is 11.0 Å². The number of nitrogens with zero attached hydrogens (tertiary/aromatic N) is 1. The number of carbonyl (C=O) groups excluding carboxylic acids is 1. The summed E-state index contributed by atoms with van der Waals surface area (Å²) in [6, 6.07) is 21.8. The summed E-state index contributed by atoms with van der Waals surface area (Å²) in [5.41, 5.74) is 3.06. The maximum absolute atomic E-state index is 12.7. The van der Waals surface area contributed by atoms with Crippen LogP contribution in [0.4, 0.5) is 5.69 Å². The van der Waals surface area contributed by atoms with Crippen molar-refractivity contribution in [1.29, 1.82) is 0 Å². The zero-order chi connectivity index (χ0) is 19.8. The maximum atomic E-state index is 12.7. The normalized spacial score (nSPS) is 11.0. The van der Waals surface area contributed by atoms with Crippen LogP contribution >= 0.6 is 0 Å². The summed E-state index contributed by atoms with van der Waals surface area (Å²) in [6.07, 6.45) is 1.43. The number of para-hydroxylation sites is 1. The van der Waals surface area contributed by atoms with E-state index in [1.165, 1.54) is 6.20 Å². The first kappa shape index (κ1) is 16.9. The molecule has 2 aromatic heterocycles. The van der Waals surface area contributed by atoms with E-state index in [0.717, 1.165) is 5.56 Å². The fourth-order valence-corrected chi connectivity index (χ4v) is 3.24. The van der Waals surface area contributed by atoms with Crippen LogP contribution in [0.1, 0.15) is 10.4 Å². The van der Waals surface area contributed by atoms with Crippen LogP contribution in [0, 0.1) is 0 Å². The van der Waals surface area contributed by atoms with Crippen molar-refractivity contribution in [2.24, 2.45) is 0 Å². The Labute approximate surface area is 164 Å². The second-order valence-corrected chi connectivity index (χ2v) is 6.60. The standard InChI is InChI=1S/C23H15N3O3/c27-21-16-8-4-5-9-18(16)24-13-17(21)22(28)25-15-10-11-20-19(12-15)26-23(29-20)14-6-2-1-3-7-14/h1-13H,(H,24,27)(H,25,28). The van der Waals surface area contributed by atoms with Crippen LogP contribution in [0.2, 0.25) is 0 Å². The van der Waals surface area contributed by atoms with Gasteiger partial charge in [-0.25, -0.2) is 4.98 Å². The van der Waals surface area contributed by atoms with Crippen molar-refractivity contribution in [3.63, 3.8) is 0 Å². The topological polar surface area (TPSA) is 88.0 Å². The highest BCUT2D eigenvalue weighted by Gasteiger charge is 2.14. The lowest BCUT2D eigenvalue weighted by Gasteiger charge is -2.05. The SMILES string of the molecule is O=C(Nc1ccc2oc(-c3ccccc3)nc2c1)c1c[nH]c2ccccc2c1=O. The lowest BCUT2D eigenvalue weighted by atomic mass is 10.1. The Hall–Kier alpha value is -4.19. The van der Waals surface area contributed by atoms with Crippen molar-refractivity contribution in [2.45, 2.75) is 0 Å². The quantitative estimate of drug-likeness (QED) is 0.478. The zero-order valence-electron chi connectivity index (χ0n) is 15.2. The molecule has 6 heteroatoms. The Bertz CT molecular complexity index is 1420. The lowest BCUT2D eigenvalue weighted by molar-refractivity contribution is 0.102. The van der Waals surface area contributed by atoms with Crippen molar-refractivity contribution < 1.29 is 9.21 Å². The first-order valence-electron chi connectivity index (χ1n) is 9.07. The smallest absolute Gasteiger partial charge is 0.261 e. The van der Waals surface area contributed by atoms with E-state index in [1.54, 1.807) is 36.4 Å². The molecule has 3 aromatic carbocycles. The molecule has 0 aliphatic rings. The molecule has 0 bridgehead atoms. The van der Waals surface area contributed by atoms with Crippen LogP contribution in [0.25, 0.3) is 33.5 Å². The van der Waals surface area contributed by atoms with Crippen LogP contribution in [-0.2, 0) is 0 Å². The number of oxazole rings is 1. The first-order chi connectivity index (χ1) is 14.2. The molecule has 5 aromatic rings. The highest BCUT2D eigenvalue weighted by Crippen LogP contribution is 2.26. The third-order valence-corrected chi connectivity index (χ3v) is 4.70. The molecule has 0 aliphatic carbocycles. The molecule has 2 heterocycles. The number of hydrogen-bond acceptors (Lipinski definition) is 4. The summed E-state index contributed by atoms with van der Waals surface area (Å²) in [5, 5.41) is 3.24. The average molecular weight is 381 g/mol. The van der Waals surface area contributed by atoms with E-state index in [4.69, 9.17) is 4.42 Å². The number of amides is 1. The van der Waals surface area contributed by atoms with Gasteiger partial charge in [-0.05, 0) is 42.5 Å². The van der Waals surface area contributed by atoms with Crippen molar-refractivity contribution in [2.75, 3.05) is 5.32 Å². The Morgan fingerprint density at radius 1 is 0.966 bits per heavy atom. The number of aromatic amines is 1. The van der Waals surface area contributed by atoms with E-state index in [1.807, 2.05) is 36.4 Å². The van der Waals surface area contributed by atoms with E-state index >= 15 is 0 Å². The molecule has 0 fully saturated rings. The van der Waals surface area contributed by atoms with Gasteiger partial charge in [0, 0.05) is 28.4 Å². The molecule has 0 spiro atoms. The highest BCUT2D eigenvalue weighted by molar-refractivity contribution is 6.06. The van der Waals surface area contributed by atoms with Gasteiger partial charge in [-0.15, -0.1) is 0 Å². The van der Waals surface area contributed by atoms with Crippen LogP contribution in [-0.4, -0.2) is 15.9 Å². The van der Waals surface area contributed by atoms with Gasteiger partial charge in [0.05, 0.1) is 0 Å². The van der Waals surface area contributed by atoms with Gasteiger partial charge in [-0.2, -0.15) is 0 Å². The van der Waals surface area contributed by atoms with Gasteiger partial charge in [-0.3, -0.25) is 9.59 Å². The number of H-pyrrole nitrogens is 1. The summed E-state index contributed by atoms with van der Waals surface area (Å²) in [6.45, 7) is 0. The van der Waals surface area contributed by atoms with Gasteiger partial charge in [-0.1, -0.05) is 30.3 Å². The minimum Gasteiger partial charge on any atom is -0.436 e. The van der Waals surface area contributed by atoms with E-state index in [0.29, 0.717) is 33.6 Å². The van der Waals surface area contributed by atoms with Crippen LogP contribution in [0.5, 0.6) is 0 Å². The summed E-state index contributed by atoms with van der Waals surface area (Å²) in [5.74, 6) is 0.0261. The molecule has 6 nitrogen and oxygen atoms in total. The molecule has 140 valence electrons. The van der Waals surface area contributed by atoms with Crippen molar-refractivity contribution >= 4 is 33.6 Å². The number of carbonyl (C=O) groups is 1. The van der Waals surface area contributed by atoms with Gasteiger partial charge in [0.1, 0.15) is 11.1 Å². The largest absolute Gasteiger partial charge is 0.436 e. The minimum atomic E-state index is -0.483. The van der Waals surface area contributed by atoms with E-state index < -0.39 is 5.91 Å². The highest BCUT2D eigenvalue weighted by atomic mass is 16.3. The van der Waals surface area contributed by atoms with Crippen molar-refractivity contribution in [3.8, 4) is 11.5 Å². The number of anilines is 1. The monoisotopic (exact) mass is 381 g/mol. The summed E-state index contributed by atoms with van der Waals surface area (Å²) >= 11 is 0. The predicted octanol–water partition coefficient (Wildman–Crippen LogP) is 4.59. The molecule has 0 atom stereocenters. The first-order valence-corrected chi connectivity index (χ1v) is 9.07. The number of fused-ring (bicyclic) bond motifs is 2. The van der Waals surface area contributed by atoms with Crippen molar-refractivity contribution in [3.05, 3.63) is 94.8 Å². The third-order valence-electron chi connectivity index (χ3n) is 4.70. The Morgan fingerprint density at radius 3 is 2.62 bits per heavy atom. The maximum Gasteiger partial charge on any atom is 0.261 e. The molecule has 1 amide bonds. The van der Waals surface area contributed by atoms with Gasteiger partial charge in [0.2, 0.25) is 11.3 Å². The molecule has 29 heavy (non-hydrogen) atoms. The summed E-state index contributed by atoms with van der Waals surface area (Å²) in [7, 11) is 0. The molecule has 0 aliphatic heterocycles. The molecule has 0 saturated carbocycles. The number of nitrogens with one attached hydrogen (secondary N) is 2. The van der Waals surface area contributed by atoms with Crippen molar-refractivity contribution in [1.82, 2.24) is 9.97 Å². The molecule has 0 radical (unpaired) electrons. The molecule has 0 unspecified atom stereocenters. The van der Waals surface area contributed by atoms with Crippen LogP contribution in [0.15, 0.2) is 88.2 Å². The number of rotatable bonds is 3. The van der Waals surface area contributed by atoms with Crippen LogP contribution in [0.3, 0.4) is 0 Å². The lowest BCUT2D eigenvalue weighted by Crippen LogP contribution is -2.21. The van der Waals surface area contributed by atoms with Gasteiger partial charge in [0.15, 0.2) is 5.58 Å². The molecular formula is C23H15N3O3. The van der Waals surface area contributed by atoms with Gasteiger partial charge < -0.3 is 14.7 Å². The van der Waals surface area contributed by atoms with Gasteiger partial charge in [0.25, 0.3) is 5.91 Å². The second-order valence-electron chi connectivity index (χ2n) is 6.60. The third kappa shape index (κ3) is 3.06. The molecule has 2 N–H and O–H groups in total. The number of aromatic nitrogens is 2. The Kier molecular flexibility index (Phi) is 3.95. The Balaban J connectivity index is 1.46. The molecule has 5 rings (SSSR count). The average Bonchev–Trinajstić information content (AvgIpc) is 3.18. The molecular weight excluding hydrogens is 366 g/mol. The second kappa shape index (κ2) is 6.76. The number of benzene rings is 3. The number of pyridine rings is 1. The fourth-order valence-electron chi connectivity index (χ4n) is 3.24. The number of hydrogen-bond donors (Lipinski definition) is 2. The fraction of sp³-hybridized carbons (Fsp3) is 0. The summed E-state index contributed by atoms with van der Waals surface area (Å²) in [4.78, 5) is 32.8. The summed E-state index contributed by atoms with van der Waals surface area (Å²) < 4.78 is 5.79. The van der Waals surface area contributed by atoms with Gasteiger partial charge >= 0.3 is 0 Å². The van der Waals surface area contributed by atoms with E-state index in [2.05, 4.69) is 15.3 Å². The molecule has 0 saturated heterocycles.